The molecule has 0 aliphatic rings. The van der Waals surface area contributed by atoms with E-state index in [1.807, 2.05) is 36.4 Å². The average Bonchev–Trinajstić information content (AvgIpc) is 2.42. The Hall–Kier alpha value is -1.96. The van der Waals surface area contributed by atoms with Gasteiger partial charge in [0.15, 0.2) is 0 Å². The molecule has 0 spiro atoms. The van der Waals surface area contributed by atoms with Gasteiger partial charge in [0.2, 0.25) is 0 Å². The van der Waals surface area contributed by atoms with Gasteiger partial charge in [0, 0.05) is 18.4 Å². The van der Waals surface area contributed by atoms with E-state index in [1.54, 1.807) is 0 Å². The molecule has 1 nitrogen and oxygen atoms in total. The van der Waals surface area contributed by atoms with E-state index in [4.69, 9.17) is 6.42 Å². The molecule has 0 amide bonds. The highest BCUT2D eigenvalue weighted by atomic mass is 16.3. The summed E-state index contributed by atoms with van der Waals surface area (Å²) in [6, 6.07) is 9.88. The number of aliphatic hydroxyl groups excluding tert-OH is 1. The van der Waals surface area contributed by atoms with Crippen molar-refractivity contribution in [3.63, 3.8) is 0 Å². The van der Waals surface area contributed by atoms with Gasteiger partial charge in [-0.2, -0.15) is 0 Å². The summed E-state index contributed by atoms with van der Waals surface area (Å²) in [5, 5.41) is 9.23. The number of aliphatic hydroxyl groups is 1. The summed E-state index contributed by atoms with van der Waals surface area (Å²) in [4.78, 5) is 0. The van der Waals surface area contributed by atoms with E-state index < -0.39 is 0 Å². The van der Waals surface area contributed by atoms with Gasteiger partial charge in [-0.05, 0) is 24.5 Å². The van der Waals surface area contributed by atoms with Crippen LogP contribution in [-0.4, -0.2) is 11.7 Å². The van der Waals surface area contributed by atoms with Gasteiger partial charge in [0.05, 0.1) is 6.61 Å². The molecule has 0 fully saturated rings. The summed E-state index contributed by atoms with van der Waals surface area (Å²) in [5.74, 6) is 8.68. The van der Waals surface area contributed by atoms with Crippen molar-refractivity contribution in [2.75, 3.05) is 6.61 Å². The maximum atomic E-state index is 9.23. The lowest BCUT2D eigenvalue weighted by atomic mass is 10.1. The fourth-order valence-electron chi connectivity index (χ4n) is 1.49. The van der Waals surface area contributed by atoms with Crippen molar-refractivity contribution in [3.05, 3.63) is 41.5 Å². The Labute approximate surface area is 110 Å². The van der Waals surface area contributed by atoms with Crippen molar-refractivity contribution in [1.29, 1.82) is 0 Å². The highest BCUT2D eigenvalue weighted by molar-refractivity contribution is 5.58. The highest BCUT2D eigenvalue weighted by Crippen LogP contribution is 2.05. The van der Waals surface area contributed by atoms with Crippen molar-refractivity contribution in [1.82, 2.24) is 0 Å². The Morgan fingerprint density at radius 1 is 1.17 bits per heavy atom. The zero-order valence-electron chi connectivity index (χ0n) is 10.5. The number of benzene rings is 1. The van der Waals surface area contributed by atoms with Crippen LogP contribution < -0.4 is 0 Å². The normalized spacial score (nSPS) is 10.3. The Kier molecular flexibility index (Phi) is 7.14. The van der Waals surface area contributed by atoms with Crippen LogP contribution in [0.4, 0.5) is 0 Å². The molecule has 0 aliphatic heterocycles. The van der Waals surface area contributed by atoms with Crippen LogP contribution in [0.1, 0.15) is 31.2 Å². The topological polar surface area (TPSA) is 20.2 Å². The second kappa shape index (κ2) is 9.11. The Morgan fingerprint density at radius 2 is 1.89 bits per heavy atom. The Bertz CT molecular complexity index is 466. The molecule has 0 bridgehead atoms. The quantitative estimate of drug-likeness (QED) is 0.616. The van der Waals surface area contributed by atoms with E-state index in [9.17, 15) is 5.11 Å². The summed E-state index contributed by atoms with van der Waals surface area (Å²) < 4.78 is 0. The molecule has 1 rings (SSSR count). The second-order valence-electron chi connectivity index (χ2n) is 3.95. The van der Waals surface area contributed by atoms with Crippen LogP contribution in [-0.2, 0) is 0 Å². The van der Waals surface area contributed by atoms with Crippen LogP contribution in [0, 0.1) is 24.2 Å². The van der Waals surface area contributed by atoms with Gasteiger partial charge in [-0.25, -0.2) is 0 Å². The van der Waals surface area contributed by atoms with E-state index in [0.29, 0.717) is 0 Å². The zero-order valence-corrected chi connectivity index (χ0v) is 10.5. The average molecular weight is 238 g/mol. The molecule has 0 atom stereocenters. The standard InChI is InChI=1S/C17H18O/c1-2-3-4-5-6-8-13-17(15-18)14-16-11-9-7-10-12-16/h1,7,9-12,14,18H,3-6,15H2/b17-14+. The van der Waals surface area contributed by atoms with Crippen LogP contribution in [0.3, 0.4) is 0 Å². The smallest absolute Gasteiger partial charge is 0.0760 e. The minimum atomic E-state index is -0.0216. The van der Waals surface area contributed by atoms with Gasteiger partial charge < -0.3 is 5.11 Å². The summed E-state index contributed by atoms with van der Waals surface area (Å²) >= 11 is 0. The molecule has 0 saturated carbocycles. The monoisotopic (exact) mass is 238 g/mol. The molecule has 0 radical (unpaired) electrons. The molecule has 0 heterocycles. The third-order valence-corrected chi connectivity index (χ3v) is 2.43. The van der Waals surface area contributed by atoms with Gasteiger partial charge in [0.25, 0.3) is 0 Å². The van der Waals surface area contributed by atoms with Gasteiger partial charge in [-0.3, -0.25) is 0 Å². The molecule has 1 heteroatoms. The molecule has 92 valence electrons. The Balaban J connectivity index is 2.50. The van der Waals surface area contributed by atoms with Crippen LogP contribution in [0.2, 0.25) is 0 Å². The van der Waals surface area contributed by atoms with Crippen LogP contribution >= 0.6 is 0 Å². The van der Waals surface area contributed by atoms with Crippen LogP contribution in [0.25, 0.3) is 6.08 Å². The SMILES string of the molecule is C#CCCCCC#C/C(=C\c1ccccc1)CO. The van der Waals surface area contributed by atoms with E-state index >= 15 is 0 Å². The van der Waals surface area contributed by atoms with Gasteiger partial charge in [-0.15, -0.1) is 12.3 Å². The third-order valence-electron chi connectivity index (χ3n) is 2.43. The highest BCUT2D eigenvalue weighted by Gasteiger charge is 1.91. The Morgan fingerprint density at radius 3 is 2.56 bits per heavy atom. The fraction of sp³-hybridized carbons (Fsp3) is 0.294. The number of terminal acetylenes is 1. The molecule has 1 aromatic rings. The zero-order chi connectivity index (χ0) is 13.1. The molecule has 0 unspecified atom stereocenters. The first-order valence-electron chi connectivity index (χ1n) is 6.15. The van der Waals surface area contributed by atoms with E-state index in [1.165, 1.54) is 0 Å². The van der Waals surface area contributed by atoms with Crippen LogP contribution in [0.5, 0.6) is 0 Å². The minimum Gasteiger partial charge on any atom is -0.391 e. The number of rotatable bonds is 5. The lowest BCUT2D eigenvalue weighted by molar-refractivity contribution is 0.337. The van der Waals surface area contributed by atoms with Crippen molar-refractivity contribution in [2.45, 2.75) is 25.7 Å². The predicted octanol–water partition coefficient (Wildman–Crippen LogP) is 3.26. The first kappa shape index (κ1) is 14.1. The molecule has 1 aromatic carbocycles. The summed E-state index contributed by atoms with van der Waals surface area (Å²) in [5.41, 5.74) is 1.81. The largest absolute Gasteiger partial charge is 0.391 e. The minimum absolute atomic E-state index is 0.0216. The van der Waals surface area contributed by atoms with E-state index in [0.717, 1.165) is 36.8 Å². The summed E-state index contributed by atoms with van der Waals surface area (Å²) in [6.07, 6.45) is 10.8. The van der Waals surface area contributed by atoms with E-state index in [2.05, 4.69) is 17.8 Å². The van der Waals surface area contributed by atoms with Crippen LogP contribution in [0.15, 0.2) is 35.9 Å². The molecule has 1 N–H and O–H groups in total. The molecule has 0 aromatic heterocycles. The lowest BCUT2D eigenvalue weighted by Gasteiger charge is -1.95. The molecule has 0 aliphatic carbocycles. The van der Waals surface area contributed by atoms with E-state index in [-0.39, 0.29) is 6.61 Å². The van der Waals surface area contributed by atoms with Crippen molar-refractivity contribution < 1.29 is 5.11 Å². The van der Waals surface area contributed by atoms with Crippen molar-refractivity contribution in [2.24, 2.45) is 0 Å². The summed E-state index contributed by atoms with van der Waals surface area (Å²) in [6.45, 7) is -0.0216. The first-order valence-corrected chi connectivity index (χ1v) is 6.15. The van der Waals surface area contributed by atoms with Gasteiger partial charge >= 0.3 is 0 Å². The maximum Gasteiger partial charge on any atom is 0.0760 e. The predicted molar refractivity (Wildman–Crippen MR) is 76.6 cm³/mol. The molecular weight excluding hydrogens is 220 g/mol. The molecule has 0 saturated heterocycles. The first-order chi connectivity index (χ1) is 8.86. The number of hydrogen-bond acceptors (Lipinski definition) is 1. The fourth-order valence-corrected chi connectivity index (χ4v) is 1.49. The third kappa shape index (κ3) is 5.94. The molecule has 18 heavy (non-hydrogen) atoms. The molecular formula is C17H18O. The van der Waals surface area contributed by atoms with Crippen molar-refractivity contribution >= 4 is 6.08 Å². The lowest BCUT2D eigenvalue weighted by Crippen LogP contribution is -1.86. The summed E-state index contributed by atoms with van der Waals surface area (Å²) in [7, 11) is 0. The number of hydrogen-bond donors (Lipinski definition) is 1. The number of unbranched alkanes of at least 4 members (excludes halogenated alkanes) is 3. The van der Waals surface area contributed by atoms with Crippen molar-refractivity contribution in [3.8, 4) is 24.2 Å². The van der Waals surface area contributed by atoms with Gasteiger partial charge in [-0.1, -0.05) is 42.2 Å². The maximum absolute atomic E-state index is 9.23. The van der Waals surface area contributed by atoms with Gasteiger partial charge in [0.1, 0.15) is 0 Å². The second-order valence-corrected chi connectivity index (χ2v) is 3.95.